The largest absolute Gasteiger partial charge is 0.390 e. The Balaban J connectivity index is 1.45. The van der Waals surface area contributed by atoms with Crippen LogP contribution in [0.15, 0.2) is 42.5 Å². The molecule has 128 valence electrons. The quantitative estimate of drug-likeness (QED) is 0.823. The molecule has 24 heavy (non-hydrogen) atoms. The van der Waals surface area contributed by atoms with Crippen LogP contribution in [-0.2, 0) is 19.5 Å². The average Bonchev–Trinajstić information content (AvgIpc) is 2.58. The molecule has 2 aromatic carbocycles. The Bertz CT molecular complexity index is 693. The van der Waals surface area contributed by atoms with Crippen LogP contribution >= 0.6 is 23.2 Å². The molecular weight excluding hydrogens is 343 g/mol. The summed E-state index contributed by atoms with van der Waals surface area (Å²) < 4.78 is 0. The fraction of sp³-hybridized carbons (Fsp3) is 0.368. The second-order valence-electron chi connectivity index (χ2n) is 6.25. The lowest BCUT2D eigenvalue weighted by Crippen LogP contribution is -2.40. The first-order valence-electron chi connectivity index (χ1n) is 8.24. The van der Waals surface area contributed by atoms with Crippen molar-refractivity contribution in [1.82, 2.24) is 10.2 Å². The van der Waals surface area contributed by atoms with Crippen LogP contribution in [0, 0.1) is 0 Å². The summed E-state index contributed by atoms with van der Waals surface area (Å²) in [5.74, 6) is 0. The van der Waals surface area contributed by atoms with E-state index in [9.17, 15) is 5.11 Å². The van der Waals surface area contributed by atoms with Crippen molar-refractivity contribution in [3.8, 4) is 0 Å². The molecule has 0 radical (unpaired) electrons. The van der Waals surface area contributed by atoms with E-state index in [0.717, 1.165) is 25.1 Å². The molecule has 0 saturated carbocycles. The third-order valence-electron chi connectivity index (χ3n) is 4.41. The van der Waals surface area contributed by atoms with E-state index in [1.165, 1.54) is 11.1 Å². The minimum Gasteiger partial charge on any atom is -0.390 e. The minimum atomic E-state index is -0.409. The van der Waals surface area contributed by atoms with E-state index in [4.69, 9.17) is 23.2 Å². The van der Waals surface area contributed by atoms with E-state index in [0.29, 0.717) is 29.7 Å². The second-order valence-corrected chi connectivity index (χ2v) is 7.04. The summed E-state index contributed by atoms with van der Waals surface area (Å²) in [4.78, 5) is 2.31. The first-order chi connectivity index (χ1) is 11.6. The number of β-amino-alcohol motifs (C(OH)–C–C–N with tert-alkyl or cyclic N) is 1. The Labute approximate surface area is 153 Å². The number of hydrogen-bond donors (Lipinski definition) is 2. The minimum absolute atomic E-state index is 0.409. The predicted octanol–water partition coefficient (Wildman–Crippen LogP) is 3.50. The Morgan fingerprint density at radius 1 is 1.08 bits per heavy atom. The summed E-state index contributed by atoms with van der Waals surface area (Å²) >= 11 is 12.2. The first-order valence-corrected chi connectivity index (χ1v) is 9.00. The molecule has 5 heteroatoms. The highest BCUT2D eigenvalue weighted by Crippen LogP contribution is 2.25. The van der Waals surface area contributed by atoms with E-state index < -0.39 is 6.10 Å². The van der Waals surface area contributed by atoms with Gasteiger partial charge in [-0.2, -0.15) is 0 Å². The summed E-state index contributed by atoms with van der Waals surface area (Å²) in [6.45, 7) is 3.70. The number of rotatable bonds is 6. The van der Waals surface area contributed by atoms with Crippen LogP contribution in [0.5, 0.6) is 0 Å². The van der Waals surface area contributed by atoms with E-state index in [1.807, 2.05) is 12.1 Å². The van der Waals surface area contributed by atoms with Crippen LogP contribution in [-0.4, -0.2) is 35.7 Å². The Kier molecular flexibility index (Phi) is 6.14. The topological polar surface area (TPSA) is 35.5 Å². The molecule has 3 rings (SSSR count). The van der Waals surface area contributed by atoms with E-state index in [2.05, 4.69) is 34.5 Å². The zero-order valence-corrected chi connectivity index (χ0v) is 15.0. The summed E-state index contributed by atoms with van der Waals surface area (Å²) in [6.07, 6.45) is 0.641. The Morgan fingerprint density at radius 3 is 2.71 bits per heavy atom. The van der Waals surface area contributed by atoms with Gasteiger partial charge in [-0.25, -0.2) is 0 Å². The van der Waals surface area contributed by atoms with E-state index >= 15 is 0 Å². The number of nitrogens with zero attached hydrogens (tertiary/aromatic N) is 1. The lowest BCUT2D eigenvalue weighted by Gasteiger charge is -2.30. The van der Waals surface area contributed by atoms with Gasteiger partial charge in [0.15, 0.2) is 0 Å². The van der Waals surface area contributed by atoms with Gasteiger partial charge in [0.1, 0.15) is 0 Å². The van der Waals surface area contributed by atoms with Gasteiger partial charge in [-0.3, -0.25) is 4.90 Å². The van der Waals surface area contributed by atoms with Gasteiger partial charge in [0, 0.05) is 32.7 Å². The van der Waals surface area contributed by atoms with Gasteiger partial charge in [-0.1, -0.05) is 59.6 Å². The highest BCUT2D eigenvalue weighted by Gasteiger charge is 2.18. The second kappa shape index (κ2) is 8.32. The molecule has 1 aliphatic heterocycles. The lowest BCUT2D eigenvalue weighted by molar-refractivity contribution is 0.104. The zero-order chi connectivity index (χ0) is 16.9. The Morgan fingerprint density at radius 2 is 1.88 bits per heavy atom. The fourth-order valence-electron chi connectivity index (χ4n) is 3.13. The van der Waals surface area contributed by atoms with Crippen LogP contribution in [0.4, 0.5) is 0 Å². The highest BCUT2D eigenvalue weighted by atomic mass is 35.5. The normalized spacial score (nSPS) is 16.0. The van der Waals surface area contributed by atoms with Crippen molar-refractivity contribution in [3.05, 3.63) is 69.2 Å². The molecule has 0 amide bonds. The molecule has 0 saturated heterocycles. The molecule has 1 aliphatic rings. The van der Waals surface area contributed by atoms with Crippen molar-refractivity contribution in [2.75, 3.05) is 19.6 Å². The first kappa shape index (κ1) is 17.7. The molecule has 0 bridgehead atoms. The maximum Gasteiger partial charge on any atom is 0.0791 e. The summed E-state index contributed by atoms with van der Waals surface area (Å²) in [5, 5.41) is 14.7. The third-order valence-corrected chi connectivity index (χ3v) is 5.26. The molecule has 1 heterocycles. The maximum absolute atomic E-state index is 10.3. The molecule has 0 aliphatic carbocycles. The Hall–Kier alpha value is -1.10. The van der Waals surface area contributed by atoms with Crippen LogP contribution < -0.4 is 5.32 Å². The van der Waals surface area contributed by atoms with Gasteiger partial charge < -0.3 is 10.4 Å². The number of halogens is 2. The van der Waals surface area contributed by atoms with Crippen molar-refractivity contribution in [2.45, 2.75) is 25.6 Å². The predicted molar refractivity (Wildman–Crippen MR) is 99.6 cm³/mol. The number of benzene rings is 2. The zero-order valence-electron chi connectivity index (χ0n) is 13.5. The van der Waals surface area contributed by atoms with Crippen LogP contribution in [0.1, 0.15) is 16.7 Å². The molecule has 0 spiro atoms. The van der Waals surface area contributed by atoms with Crippen molar-refractivity contribution in [3.63, 3.8) is 0 Å². The van der Waals surface area contributed by atoms with Crippen LogP contribution in [0.25, 0.3) is 0 Å². The summed E-state index contributed by atoms with van der Waals surface area (Å²) in [6, 6.07) is 14.1. The van der Waals surface area contributed by atoms with Gasteiger partial charge in [0.05, 0.1) is 16.1 Å². The molecule has 0 fully saturated rings. The molecule has 2 aromatic rings. The molecule has 1 atom stereocenters. The van der Waals surface area contributed by atoms with Gasteiger partial charge in [0.2, 0.25) is 0 Å². The maximum atomic E-state index is 10.3. The summed E-state index contributed by atoms with van der Waals surface area (Å²) in [5.41, 5.74) is 3.75. The number of hydrogen-bond acceptors (Lipinski definition) is 3. The van der Waals surface area contributed by atoms with Crippen LogP contribution in [0.3, 0.4) is 0 Å². The SMILES string of the molecule is O[C@@H](CNCc1cccc(Cl)c1Cl)CN1CCc2ccccc2C1. The number of aliphatic hydroxyl groups excluding tert-OH is 1. The van der Waals surface area contributed by atoms with Crippen molar-refractivity contribution < 1.29 is 5.11 Å². The van der Waals surface area contributed by atoms with Crippen molar-refractivity contribution in [1.29, 1.82) is 0 Å². The molecule has 2 N–H and O–H groups in total. The standard InChI is InChI=1S/C19H22Cl2N2O/c20-18-7-3-6-15(19(18)21)10-22-11-17(24)13-23-9-8-14-4-1-2-5-16(14)12-23/h1-7,17,22,24H,8-13H2/t17-/m0/s1. The molecule has 3 nitrogen and oxygen atoms in total. The van der Waals surface area contributed by atoms with E-state index in [-0.39, 0.29) is 0 Å². The van der Waals surface area contributed by atoms with Crippen LogP contribution in [0.2, 0.25) is 10.0 Å². The van der Waals surface area contributed by atoms with Crippen molar-refractivity contribution in [2.24, 2.45) is 0 Å². The lowest BCUT2D eigenvalue weighted by atomic mass is 10.00. The van der Waals surface area contributed by atoms with Gasteiger partial charge in [-0.05, 0) is 29.2 Å². The van der Waals surface area contributed by atoms with Gasteiger partial charge in [-0.15, -0.1) is 0 Å². The van der Waals surface area contributed by atoms with Crippen molar-refractivity contribution >= 4 is 23.2 Å². The number of fused-ring (bicyclic) bond motifs is 1. The average molecular weight is 365 g/mol. The summed E-state index contributed by atoms with van der Waals surface area (Å²) in [7, 11) is 0. The number of nitrogens with one attached hydrogen (secondary N) is 1. The highest BCUT2D eigenvalue weighted by molar-refractivity contribution is 6.42. The third kappa shape index (κ3) is 4.50. The molecular formula is C19H22Cl2N2O. The molecule has 0 aromatic heterocycles. The number of aliphatic hydroxyl groups is 1. The van der Waals surface area contributed by atoms with E-state index in [1.54, 1.807) is 6.07 Å². The smallest absolute Gasteiger partial charge is 0.0791 e. The van der Waals surface area contributed by atoms with Gasteiger partial charge >= 0.3 is 0 Å². The monoisotopic (exact) mass is 364 g/mol. The molecule has 0 unspecified atom stereocenters. The van der Waals surface area contributed by atoms with Gasteiger partial charge in [0.25, 0.3) is 0 Å². The fourth-order valence-corrected chi connectivity index (χ4v) is 3.52.